The van der Waals surface area contributed by atoms with Gasteiger partial charge in [-0.3, -0.25) is 4.79 Å². The van der Waals surface area contributed by atoms with Crippen LogP contribution in [0.25, 0.3) is 22.0 Å². The monoisotopic (exact) mass is 399 g/mol. The molecule has 8 nitrogen and oxygen atoms in total. The van der Waals surface area contributed by atoms with Gasteiger partial charge in [-0.2, -0.15) is 16.3 Å². The van der Waals surface area contributed by atoms with Crippen LogP contribution in [-0.4, -0.2) is 61.7 Å². The van der Waals surface area contributed by atoms with Crippen molar-refractivity contribution in [1.82, 2.24) is 14.9 Å². The van der Waals surface area contributed by atoms with Gasteiger partial charge < -0.3 is 25.0 Å². The quantitative estimate of drug-likeness (QED) is 0.658. The molecule has 0 atom stereocenters. The van der Waals surface area contributed by atoms with Crippen molar-refractivity contribution in [3.05, 3.63) is 22.9 Å². The van der Waals surface area contributed by atoms with Crippen LogP contribution in [0.5, 0.6) is 11.5 Å². The summed E-state index contributed by atoms with van der Waals surface area (Å²) in [5.74, 6) is 2.14. The first-order valence-corrected chi connectivity index (χ1v) is 9.79. The van der Waals surface area contributed by atoms with Crippen molar-refractivity contribution in [2.75, 3.05) is 51.0 Å². The summed E-state index contributed by atoms with van der Waals surface area (Å²) in [7, 11) is 3.21. The first-order chi connectivity index (χ1) is 13.7. The topological polar surface area (TPSA) is 93.8 Å². The van der Waals surface area contributed by atoms with E-state index in [9.17, 15) is 4.79 Å². The molecule has 1 aliphatic rings. The van der Waals surface area contributed by atoms with Gasteiger partial charge in [0.1, 0.15) is 5.82 Å². The molecule has 28 heavy (non-hydrogen) atoms. The van der Waals surface area contributed by atoms with Gasteiger partial charge in [-0.15, -0.1) is 0 Å². The minimum absolute atomic E-state index is 0.389. The van der Waals surface area contributed by atoms with Crippen LogP contribution in [0.15, 0.2) is 22.9 Å². The number of rotatable bonds is 5. The highest BCUT2D eigenvalue weighted by molar-refractivity contribution is 7.08. The Bertz CT molecular complexity index is 1000. The number of hydrogen-bond donors (Lipinski definition) is 1. The smallest absolute Gasteiger partial charge is 0.228 e. The number of anilines is 2. The number of methoxy groups -OCH3 is 2. The number of ether oxygens (including phenoxy) is 2. The van der Waals surface area contributed by atoms with E-state index in [0.717, 1.165) is 22.9 Å². The highest BCUT2D eigenvalue weighted by Crippen LogP contribution is 2.45. The van der Waals surface area contributed by atoms with Crippen molar-refractivity contribution in [1.29, 1.82) is 0 Å². The molecule has 0 saturated carbocycles. The van der Waals surface area contributed by atoms with Crippen LogP contribution in [0.2, 0.25) is 0 Å². The molecule has 0 aliphatic carbocycles. The third-order valence-electron chi connectivity index (χ3n) is 4.90. The fraction of sp³-hybridized carbons (Fsp3) is 0.316. The number of fused-ring (bicyclic) bond motifs is 1. The Labute approximate surface area is 166 Å². The van der Waals surface area contributed by atoms with Crippen LogP contribution in [0.4, 0.5) is 11.8 Å². The Morgan fingerprint density at radius 1 is 1.18 bits per heavy atom. The zero-order valence-electron chi connectivity index (χ0n) is 15.7. The third-order valence-corrected chi connectivity index (χ3v) is 5.59. The lowest BCUT2D eigenvalue weighted by Gasteiger charge is -2.32. The molecule has 0 spiro atoms. The number of carbonyl (C=O) groups is 1. The lowest BCUT2D eigenvalue weighted by molar-refractivity contribution is -0.118. The first-order valence-electron chi connectivity index (χ1n) is 8.85. The summed E-state index contributed by atoms with van der Waals surface area (Å²) in [4.78, 5) is 24.1. The number of nitrogens with two attached hydrogens (primary N) is 1. The lowest BCUT2D eigenvalue weighted by Crippen LogP contribution is -2.46. The molecule has 1 aliphatic heterocycles. The minimum atomic E-state index is 0.389. The van der Waals surface area contributed by atoms with Gasteiger partial charge in [-0.05, 0) is 22.4 Å². The van der Waals surface area contributed by atoms with Gasteiger partial charge in [0.2, 0.25) is 12.4 Å². The second kappa shape index (κ2) is 7.51. The van der Waals surface area contributed by atoms with E-state index in [1.165, 1.54) is 0 Å². The number of piperazine rings is 1. The second-order valence-electron chi connectivity index (χ2n) is 6.43. The molecule has 3 heterocycles. The van der Waals surface area contributed by atoms with Crippen molar-refractivity contribution in [3.8, 4) is 22.6 Å². The van der Waals surface area contributed by atoms with Gasteiger partial charge in [0.25, 0.3) is 0 Å². The van der Waals surface area contributed by atoms with E-state index in [-0.39, 0.29) is 0 Å². The van der Waals surface area contributed by atoms with Crippen LogP contribution in [0.1, 0.15) is 0 Å². The highest BCUT2D eigenvalue weighted by Gasteiger charge is 2.23. The molecule has 1 aromatic carbocycles. The van der Waals surface area contributed by atoms with E-state index < -0.39 is 0 Å². The molecular formula is C19H21N5O3S. The number of nitrogen functional groups attached to an aromatic ring is 1. The summed E-state index contributed by atoms with van der Waals surface area (Å²) in [6.07, 6.45) is 0.872. The summed E-state index contributed by atoms with van der Waals surface area (Å²) >= 11 is 1.59. The van der Waals surface area contributed by atoms with E-state index in [4.69, 9.17) is 20.2 Å². The molecule has 2 aromatic heterocycles. The number of benzene rings is 1. The van der Waals surface area contributed by atoms with Crippen LogP contribution >= 0.6 is 11.3 Å². The maximum absolute atomic E-state index is 10.9. The Kier molecular flexibility index (Phi) is 4.91. The van der Waals surface area contributed by atoms with E-state index in [0.29, 0.717) is 55.0 Å². The van der Waals surface area contributed by atoms with Crippen molar-refractivity contribution >= 4 is 40.4 Å². The van der Waals surface area contributed by atoms with Crippen molar-refractivity contribution in [2.45, 2.75) is 0 Å². The third kappa shape index (κ3) is 3.07. The predicted octanol–water partition coefficient (Wildman–Crippen LogP) is 2.24. The molecule has 1 amide bonds. The van der Waals surface area contributed by atoms with Gasteiger partial charge in [0, 0.05) is 37.8 Å². The van der Waals surface area contributed by atoms with Crippen LogP contribution in [0, 0.1) is 0 Å². The summed E-state index contributed by atoms with van der Waals surface area (Å²) in [5.41, 5.74) is 8.90. The zero-order chi connectivity index (χ0) is 19.7. The normalized spacial score (nSPS) is 14.4. The highest BCUT2D eigenvalue weighted by atomic mass is 32.1. The number of aromatic nitrogens is 2. The van der Waals surface area contributed by atoms with Gasteiger partial charge in [-0.1, -0.05) is 0 Å². The predicted molar refractivity (Wildman–Crippen MR) is 110 cm³/mol. The van der Waals surface area contributed by atoms with E-state index in [2.05, 4.69) is 4.98 Å². The summed E-state index contributed by atoms with van der Waals surface area (Å²) in [6.45, 7) is 2.59. The number of carbonyl (C=O) groups excluding carboxylic acids is 1. The maximum Gasteiger partial charge on any atom is 0.228 e. The van der Waals surface area contributed by atoms with Crippen molar-refractivity contribution in [2.24, 2.45) is 0 Å². The molecule has 1 fully saturated rings. The summed E-state index contributed by atoms with van der Waals surface area (Å²) < 4.78 is 11.2. The first kappa shape index (κ1) is 18.3. The number of thiophene rings is 1. The Hall–Kier alpha value is -3.07. The molecule has 146 valence electrons. The fourth-order valence-electron chi connectivity index (χ4n) is 3.48. The zero-order valence-corrected chi connectivity index (χ0v) is 16.5. The molecule has 4 rings (SSSR count). The molecule has 0 bridgehead atoms. The molecule has 1 saturated heterocycles. The molecule has 3 aromatic rings. The van der Waals surface area contributed by atoms with Crippen LogP contribution < -0.4 is 20.1 Å². The van der Waals surface area contributed by atoms with Crippen molar-refractivity contribution in [3.63, 3.8) is 0 Å². The fourth-order valence-corrected chi connectivity index (χ4v) is 4.12. The van der Waals surface area contributed by atoms with Crippen LogP contribution in [-0.2, 0) is 4.79 Å². The Morgan fingerprint density at radius 3 is 2.57 bits per heavy atom. The largest absolute Gasteiger partial charge is 0.493 e. The van der Waals surface area contributed by atoms with Gasteiger partial charge in [-0.25, -0.2) is 4.98 Å². The Morgan fingerprint density at radius 2 is 1.96 bits per heavy atom. The van der Waals surface area contributed by atoms with E-state index >= 15 is 0 Å². The average Bonchev–Trinajstić information content (AvgIpc) is 3.26. The van der Waals surface area contributed by atoms with Crippen molar-refractivity contribution < 1.29 is 14.3 Å². The van der Waals surface area contributed by atoms with E-state index in [1.807, 2.05) is 27.8 Å². The van der Waals surface area contributed by atoms with Crippen LogP contribution in [0.3, 0.4) is 0 Å². The molecule has 2 N–H and O–H groups in total. The number of amides is 1. The average molecular weight is 399 g/mol. The lowest BCUT2D eigenvalue weighted by atomic mass is 10.0. The molecule has 0 radical (unpaired) electrons. The standard InChI is InChI=1S/C19H21N5O3S/c1-26-14-9-13-16(15(17(14)27-2)12-3-8-28-10-12)18(20)22-19(21-13)24-6-4-23(11-25)5-7-24/h3,8-11H,4-7H2,1-2H3,(H2,20,21,22). The minimum Gasteiger partial charge on any atom is -0.493 e. The maximum atomic E-state index is 10.9. The van der Waals surface area contributed by atoms with Gasteiger partial charge in [0.15, 0.2) is 11.5 Å². The SMILES string of the molecule is COc1cc2nc(N3CCN(C=O)CC3)nc(N)c2c(-c2ccsc2)c1OC. The summed E-state index contributed by atoms with van der Waals surface area (Å²) in [5, 5.41) is 4.77. The Balaban J connectivity index is 1.88. The second-order valence-corrected chi connectivity index (χ2v) is 7.21. The van der Waals surface area contributed by atoms with Gasteiger partial charge in [0.05, 0.1) is 25.1 Å². The number of nitrogens with zero attached hydrogens (tertiary/aromatic N) is 4. The molecular weight excluding hydrogens is 378 g/mol. The summed E-state index contributed by atoms with van der Waals surface area (Å²) in [6, 6.07) is 3.83. The van der Waals surface area contributed by atoms with E-state index in [1.54, 1.807) is 30.5 Å². The molecule has 0 unspecified atom stereocenters. The molecule has 9 heteroatoms. The number of hydrogen-bond acceptors (Lipinski definition) is 8. The van der Waals surface area contributed by atoms with Gasteiger partial charge >= 0.3 is 0 Å².